The highest BCUT2D eigenvalue weighted by Crippen LogP contribution is 2.40. The van der Waals surface area contributed by atoms with Gasteiger partial charge in [-0.25, -0.2) is 4.79 Å². The van der Waals surface area contributed by atoms with E-state index in [1.54, 1.807) is 19.1 Å². The zero-order chi connectivity index (χ0) is 21.3. The van der Waals surface area contributed by atoms with Gasteiger partial charge in [0, 0.05) is 37.9 Å². The molecule has 3 aliphatic rings. The van der Waals surface area contributed by atoms with Crippen LogP contribution in [0, 0.1) is 5.92 Å². The number of fused-ring (bicyclic) bond motifs is 1. The lowest BCUT2D eigenvalue weighted by atomic mass is 9.77. The molecule has 1 aromatic carbocycles. The number of amides is 3. The van der Waals surface area contributed by atoms with Crippen molar-refractivity contribution in [3.8, 4) is 0 Å². The summed E-state index contributed by atoms with van der Waals surface area (Å²) in [4.78, 5) is 30.6. The molecule has 1 heterocycles. The third-order valence-corrected chi connectivity index (χ3v) is 7.46. The van der Waals surface area contributed by atoms with Gasteiger partial charge in [-0.05, 0) is 37.3 Å². The van der Waals surface area contributed by atoms with Crippen LogP contribution in [0.1, 0.15) is 50.5 Å². The predicted molar refractivity (Wildman–Crippen MR) is 114 cm³/mol. The molecule has 1 saturated heterocycles. The average Bonchev–Trinajstić information content (AvgIpc) is 2.77. The number of halogens is 1. The van der Waals surface area contributed by atoms with Crippen molar-refractivity contribution in [2.24, 2.45) is 5.92 Å². The van der Waals surface area contributed by atoms with E-state index >= 15 is 0 Å². The first kappa shape index (κ1) is 21.6. The number of carbonyl (C=O) groups is 2. The Morgan fingerprint density at radius 3 is 2.33 bits per heavy atom. The second-order valence-corrected chi connectivity index (χ2v) is 9.10. The summed E-state index contributed by atoms with van der Waals surface area (Å²) in [6, 6.07) is 7.20. The Labute approximate surface area is 183 Å². The lowest BCUT2D eigenvalue weighted by molar-refractivity contribution is -0.154. The van der Waals surface area contributed by atoms with Crippen molar-refractivity contribution < 1.29 is 19.1 Å². The monoisotopic (exact) mass is 434 g/mol. The van der Waals surface area contributed by atoms with E-state index in [9.17, 15) is 9.59 Å². The number of hydrogen-bond donors (Lipinski definition) is 0. The van der Waals surface area contributed by atoms with Crippen LogP contribution in [0.2, 0.25) is 5.02 Å². The van der Waals surface area contributed by atoms with Crippen molar-refractivity contribution in [2.75, 3.05) is 14.2 Å². The molecule has 3 fully saturated rings. The van der Waals surface area contributed by atoms with Gasteiger partial charge < -0.3 is 14.4 Å². The number of methoxy groups -OCH3 is 2. The quantitative estimate of drug-likeness (QED) is 0.695. The van der Waals surface area contributed by atoms with Crippen LogP contribution in [0.5, 0.6) is 0 Å². The summed E-state index contributed by atoms with van der Waals surface area (Å²) in [5.74, 6) is -0.313. The minimum Gasteiger partial charge on any atom is -0.379 e. The molecule has 2 saturated carbocycles. The number of nitrogens with zero attached hydrogens (tertiary/aromatic N) is 2. The van der Waals surface area contributed by atoms with Crippen LogP contribution < -0.4 is 0 Å². The molecule has 6 nitrogen and oxygen atoms in total. The molecule has 4 atom stereocenters. The van der Waals surface area contributed by atoms with Gasteiger partial charge in [-0.1, -0.05) is 49.1 Å². The summed E-state index contributed by atoms with van der Waals surface area (Å²) in [6.07, 6.45) is 5.93. The van der Waals surface area contributed by atoms with Crippen molar-refractivity contribution in [1.82, 2.24) is 9.80 Å². The molecule has 1 aliphatic heterocycles. The minimum atomic E-state index is -0.275. The second-order valence-electron chi connectivity index (χ2n) is 8.70. The molecule has 1 aromatic rings. The van der Waals surface area contributed by atoms with E-state index in [2.05, 4.69) is 0 Å². The number of imide groups is 1. The molecule has 164 valence electrons. The summed E-state index contributed by atoms with van der Waals surface area (Å²) in [5, 5.41) is 0.636. The Hall–Kier alpha value is -1.63. The van der Waals surface area contributed by atoms with Crippen molar-refractivity contribution in [1.29, 1.82) is 0 Å². The van der Waals surface area contributed by atoms with Gasteiger partial charge >= 0.3 is 6.03 Å². The van der Waals surface area contributed by atoms with Gasteiger partial charge in [0.05, 0.1) is 18.1 Å². The standard InChI is InChI=1S/C23H31ClN2O4/c1-29-20-12-17-19(13-21(20)30-2)25(14-15-8-6-7-11-18(15)24)23(28)26(22(17)27)16-9-4-3-5-10-16/h6-8,11,16-17,19-21H,3-5,9-10,12-14H2,1-2H3. The minimum absolute atomic E-state index is 0.00501. The van der Waals surface area contributed by atoms with Crippen LogP contribution in [0.25, 0.3) is 0 Å². The van der Waals surface area contributed by atoms with E-state index in [0.29, 0.717) is 24.4 Å². The van der Waals surface area contributed by atoms with E-state index in [1.807, 2.05) is 29.2 Å². The largest absolute Gasteiger partial charge is 0.379 e. The van der Waals surface area contributed by atoms with E-state index < -0.39 is 0 Å². The van der Waals surface area contributed by atoms with E-state index in [0.717, 1.165) is 31.2 Å². The Kier molecular flexibility index (Phi) is 6.66. The van der Waals surface area contributed by atoms with Gasteiger partial charge in [0.1, 0.15) is 0 Å². The maximum absolute atomic E-state index is 13.7. The average molecular weight is 435 g/mol. The molecule has 0 N–H and O–H groups in total. The number of urea groups is 1. The number of hydrogen-bond acceptors (Lipinski definition) is 4. The fourth-order valence-corrected chi connectivity index (χ4v) is 5.64. The van der Waals surface area contributed by atoms with Gasteiger partial charge in [0.15, 0.2) is 0 Å². The lowest BCUT2D eigenvalue weighted by Crippen LogP contribution is -2.67. The lowest BCUT2D eigenvalue weighted by Gasteiger charge is -2.51. The summed E-state index contributed by atoms with van der Waals surface area (Å²) in [7, 11) is 3.33. The maximum atomic E-state index is 13.7. The first-order chi connectivity index (χ1) is 14.5. The molecule has 0 bridgehead atoms. The van der Waals surface area contributed by atoms with Crippen LogP contribution in [0.4, 0.5) is 4.79 Å². The van der Waals surface area contributed by atoms with Crippen molar-refractivity contribution >= 4 is 23.5 Å². The molecular weight excluding hydrogens is 404 g/mol. The van der Waals surface area contributed by atoms with Gasteiger partial charge in [-0.3, -0.25) is 9.69 Å². The van der Waals surface area contributed by atoms with Crippen LogP contribution in [0.3, 0.4) is 0 Å². The third kappa shape index (κ3) is 3.97. The fourth-order valence-electron chi connectivity index (χ4n) is 5.44. The number of benzene rings is 1. The molecule has 30 heavy (non-hydrogen) atoms. The predicted octanol–water partition coefficient (Wildman–Crippen LogP) is 4.25. The summed E-state index contributed by atoms with van der Waals surface area (Å²) >= 11 is 6.42. The maximum Gasteiger partial charge on any atom is 0.327 e. The van der Waals surface area contributed by atoms with E-state index in [1.165, 1.54) is 6.42 Å². The number of ether oxygens (including phenoxy) is 2. The normalized spacial score (nSPS) is 30.5. The fraction of sp³-hybridized carbons (Fsp3) is 0.652. The molecule has 0 radical (unpaired) electrons. The second kappa shape index (κ2) is 9.25. The third-order valence-electron chi connectivity index (χ3n) is 7.09. The first-order valence-electron chi connectivity index (χ1n) is 11.0. The molecule has 3 amide bonds. The Balaban J connectivity index is 1.68. The van der Waals surface area contributed by atoms with Gasteiger partial charge in [-0.15, -0.1) is 0 Å². The highest BCUT2D eigenvalue weighted by atomic mass is 35.5. The molecule has 2 aliphatic carbocycles. The summed E-state index contributed by atoms with van der Waals surface area (Å²) < 4.78 is 11.3. The van der Waals surface area contributed by atoms with Crippen LogP contribution in [0.15, 0.2) is 24.3 Å². The Morgan fingerprint density at radius 2 is 1.67 bits per heavy atom. The van der Waals surface area contributed by atoms with Crippen LogP contribution in [-0.4, -0.2) is 60.2 Å². The highest BCUT2D eigenvalue weighted by Gasteiger charge is 2.53. The Bertz CT molecular complexity index is 782. The zero-order valence-corrected chi connectivity index (χ0v) is 18.5. The van der Waals surface area contributed by atoms with E-state index in [4.69, 9.17) is 21.1 Å². The molecule has 4 unspecified atom stereocenters. The molecule has 0 spiro atoms. The van der Waals surface area contributed by atoms with Gasteiger partial charge in [0.25, 0.3) is 0 Å². The van der Waals surface area contributed by atoms with Gasteiger partial charge in [0.2, 0.25) is 5.91 Å². The van der Waals surface area contributed by atoms with Crippen LogP contribution >= 0.6 is 11.6 Å². The Morgan fingerprint density at radius 1 is 1.00 bits per heavy atom. The van der Waals surface area contributed by atoms with Gasteiger partial charge in [-0.2, -0.15) is 0 Å². The highest BCUT2D eigenvalue weighted by molar-refractivity contribution is 6.31. The molecule has 7 heteroatoms. The van der Waals surface area contributed by atoms with Crippen molar-refractivity contribution in [3.63, 3.8) is 0 Å². The SMILES string of the molecule is COC1CC2C(=O)N(C3CCCCC3)C(=O)N(Cc3ccccc3Cl)C2CC1OC. The molecular formula is C23H31ClN2O4. The number of carbonyl (C=O) groups excluding carboxylic acids is 2. The number of rotatable bonds is 5. The van der Waals surface area contributed by atoms with Crippen molar-refractivity contribution in [2.45, 2.75) is 75.8 Å². The first-order valence-corrected chi connectivity index (χ1v) is 11.4. The van der Waals surface area contributed by atoms with Crippen molar-refractivity contribution in [3.05, 3.63) is 34.9 Å². The molecule has 0 aromatic heterocycles. The van der Waals surface area contributed by atoms with Crippen LogP contribution in [-0.2, 0) is 20.8 Å². The van der Waals surface area contributed by atoms with E-state index in [-0.39, 0.29) is 42.1 Å². The zero-order valence-electron chi connectivity index (χ0n) is 17.8. The summed E-state index contributed by atoms with van der Waals surface area (Å²) in [6.45, 7) is 0.393. The topological polar surface area (TPSA) is 59.1 Å². The summed E-state index contributed by atoms with van der Waals surface area (Å²) in [5.41, 5.74) is 0.895. The molecule has 4 rings (SSSR count). The smallest absolute Gasteiger partial charge is 0.327 e.